The van der Waals surface area contributed by atoms with Crippen LogP contribution >= 0.6 is 0 Å². The van der Waals surface area contributed by atoms with E-state index in [1.54, 1.807) is 12.1 Å². The fourth-order valence-corrected chi connectivity index (χ4v) is 2.05. The van der Waals surface area contributed by atoms with Gasteiger partial charge in [-0.15, -0.1) is 0 Å². The molecule has 0 spiro atoms. The van der Waals surface area contributed by atoms with Crippen LogP contribution in [-0.4, -0.2) is 17.0 Å². The van der Waals surface area contributed by atoms with E-state index >= 15 is 0 Å². The van der Waals surface area contributed by atoms with Crippen LogP contribution in [0.3, 0.4) is 0 Å². The maximum atomic E-state index is 11.8. The number of hydrogen-bond donors (Lipinski definition) is 2. The highest BCUT2D eigenvalue weighted by Crippen LogP contribution is 2.29. The van der Waals surface area contributed by atoms with E-state index < -0.39 is 5.97 Å². The summed E-state index contributed by atoms with van der Waals surface area (Å²) in [5.41, 5.74) is 1.67. The molecule has 1 aliphatic carbocycles. The van der Waals surface area contributed by atoms with Gasteiger partial charge >= 0.3 is 5.97 Å². The summed E-state index contributed by atoms with van der Waals surface area (Å²) >= 11 is 0. The highest BCUT2D eigenvalue weighted by atomic mass is 16.4. The predicted octanol–water partition coefficient (Wildman–Crippen LogP) is 2.82. The van der Waals surface area contributed by atoms with Crippen LogP contribution in [0.2, 0.25) is 0 Å². The van der Waals surface area contributed by atoms with E-state index in [1.807, 2.05) is 6.92 Å². The molecule has 1 amide bonds. The number of rotatable bonds is 4. The van der Waals surface area contributed by atoms with Gasteiger partial charge in [-0.1, -0.05) is 12.5 Å². The largest absolute Gasteiger partial charge is 0.478 e. The molecular weight excluding hydrogens is 230 g/mol. The smallest absolute Gasteiger partial charge is 0.335 e. The van der Waals surface area contributed by atoms with Gasteiger partial charge in [0.2, 0.25) is 5.91 Å². The molecule has 0 atom stereocenters. The Bertz CT molecular complexity index is 478. The van der Waals surface area contributed by atoms with Gasteiger partial charge in [0.15, 0.2) is 0 Å². The van der Waals surface area contributed by atoms with Crippen molar-refractivity contribution >= 4 is 17.6 Å². The molecule has 4 nitrogen and oxygen atoms in total. The summed E-state index contributed by atoms with van der Waals surface area (Å²) in [7, 11) is 0. The Morgan fingerprint density at radius 2 is 2.11 bits per heavy atom. The van der Waals surface area contributed by atoms with Crippen LogP contribution in [0.25, 0.3) is 0 Å². The summed E-state index contributed by atoms with van der Waals surface area (Å²) in [6.07, 6.45) is 4.01. The molecule has 0 saturated heterocycles. The Morgan fingerprint density at radius 1 is 1.39 bits per heavy atom. The molecule has 96 valence electrons. The van der Waals surface area contributed by atoms with Crippen molar-refractivity contribution in [3.8, 4) is 0 Å². The first-order valence-corrected chi connectivity index (χ1v) is 6.20. The molecule has 1 aromatic rings. The molecule has 2 N–H and O–H groups in total. The molecule has 1 saturated carbocycles. The SMILES string of the molecule is Cc1ccc(C(=O)O)cc1NC(=O)CC1CCC1. The number of anilines is 1. The van der Waals surface area contributed by atoms with Gasteiger partial charge in [-0.2, -0.15) is 0 Å². The Labute approximate surface area is 106 Å². The van der Waals surface area contributed by atoms with Gasteiger partial charge in [0.05, 0.1) is 5.56 Å². The second-order valence-electron chi connectivity index (χ2n) is 4.88. The van der Waals surface area contributed by atoms with Crippen molar-refractivity contribution in [2.75, 3.05) is 5.32 Å². The minimum absolute atomic E-state index is 0.0228. The van der Waals surface area contributed by atoms with Gasteiger partial charge in [-0.3, -0.25) is 4.79 Å². The summed E-state index contributed by atoms with van der Waals surface area (Å²) in [5.74, 6) is -0.497. The number of nitrogens with one attached hydrogen (secondary N) is 1. The van der Waals surface area contributed by atoms with E-state index in [0.29, 0.717) is 18.0 Å². The highest BCUT2D eigenvalue weighted by molar-refractivity contribution is 5.94. The van der Waals surface area contributed by atoms with Crippen molar-refractivity contribution in [1.82, 2.24) is 0 Å². The van der Waals surface area contributed by atoms with Crippen LogP contribution in [0.5, 0.6) is 0 Å². The molecule has 2 rings (SSSR count). The lowest BCUT2D eigenvalue weighted by Crippen LogP contribution is -2.21. The monoisotopic (exact) mass is 247 g/mol. The number of carboxylic acid groups (broad SMARTS) is 1. The second kappa shape index (κ2) is 5.21. The molecule has 4 heteroatoms. The first kappa shape index (κ1) is 12.6. The number of hydrogen-bond acceptors (Lipinski definition) is 2. The third-order valence-corrected chi connectivity index (χ3v) is 3.46. The molecule has 0 unspecified atom stereocenters. The van der Waals surface area contributed by atoms with Gasteiger partial charge in [-0.05, 0) is 43.4 Å². The van der Waals surface area contributed by atoms with Gasteiger partial charge in [0.25, 0.3) is 0 Å². The maximum Gasteiger partial charge on any atom is 0.335 e. The topological polar surface area (TPSA) is 66.4 Å². The summed E-state index contributed by atoms with van der Waals surface area (Å²) < 4.78 is 0. The van der Waals surface area contributed by atoms with Crippen molar-refractivity contribution in [3.63, 3.8) is 0 Å². The second-order valence-corrected chi connectivity index (χ2v) is 4.88. The molecule has 0 aliphatic heterocycles. The zero-order valence-electron chi connectivity index (χ0n) is 10.4. The van der Waals surface area contributed by atoms with Crippen LogP contribution in [0.15, 0.2) is 18.2 Å². The molecule has 1 fully saturated rings. The van der Waals surface area contributed by atoms with Crippen molar-refractivity contribution in [1.29, 1.82) is 0 Å². The molecule has 1 aromatic carbocycles. The third kappa shape index (κ3) is 2.88. The van der Waals surface area contributed by atoms with Crippen molar-refractivity contribution in [3.05, 3.63) is 29.3 Å². The average molecular weight is 247 g/mol. The average Bonchev–Trinajstić information content (AvgIpc) is 2.26. The summed E-state index contributed by atoms with van der Waals surface area (Å²) in [5, 5.41) is 11.7. The normalized spacial score (nSPS) is 14.9. The lowest BCUT2D eigenvalue weighted by molar-refractivity contribution is -0.117. The number of aromatic carboxylic acids is 1. The number of carbonyl (C=O) groups excluding carboxylic acids is 1. The Balaban J connectivity index is 2.04. The van der Waals surface area contributed by atoms with Crippen LogP contribution < -0.4 is 5.32 Å². The molecule has 0 heterocycles. The quantitative estimate of drug-likeness (QED) is 0.859. The van der Waals surface area contributed by atoms with E-state index in [2.05, 4.69) is 5.32 Å². The molecule has 0 radical (unpaired) electrons. The van der Waals surface area contributed by atoms with E-state index in [1.165, 1.54) is 12.5 Å². The number of carboxylic acids is 1. The highest BCUT2D eigenvalue weighted by Gasteiger charge is 2.21. The molecule has 0 bridgehead atoms. The van der Waals surface area contributed by atoms with Crippen LogP contribution in [-0.2, 0) is 4.79 Å². The summed E-state index contributed by atoms with van der Waals surface area (Å²) in [6, 6.07) is 4.76. The van der Waals surface area contributed by atoms with Gasteiger partial charge < -0.3 is 10.4 Å². The summed E-state index contributed by atoms with van der Waals surface area (Å²) in [4.78, 5) is 22.7. The molecule has 18 heavy (non-hydrogen) atoms. The van der Waals surface area contributed by atoms with Gasteiger partial charge in [0.1, 0.15) is 0 Å². The fourth-order valence-electron chi connectivity index (χ4n) is 2.05. The zero-order valence-corrected chi connectivity index (χ0v) is 10.4. The van der Waals surface area contributed by atoms with E-state index in [4.69, 9.17) is 5.11 Å². The number of amides is 1. The minimum Gasteiger partial charge on any atom is -0.478 e. The van der Waals surface area contributed by atoms with Crippen LogP contribution in [0.1, 0.15) is 41.6 Å². The first-order valence-electron chi connectivity index (χ1n) is 6.20. The molecule has 0 aromatic heterocycles. The first-order chi connectivity index (χ1) is 8.56. The van der Waals surface area contributed by atoms with Crippen molar-refractivity contribution in [2.24, 2.45) is 5.92 Å². The lowest BCUT2D eigenvalue weighted by atomic mass is 9.83. The van der Waals surface area contributed by atoms with E-state index in [9.17, 15) is 9.59 Å². The standard InChI is InChI=1S/C14H17NO3/c1-9-5-6-11(14(17)18)8-12(9)15-13(16)7-10-3-2-4-10/h5-6,8,10H,2-4,7H2,1H3,(H,15,16)(H,17,18). The van der Waals surface area contributed by atoms with E-state index in [0.717, 1.165) is 18.4 Å². The Hall–Kier alpha value is -1.84. The maximum absolute atomic E-state index is 11.8. The molecule has 1 aliphatic rings. The third-order valence-electron chi connectivity index (χ3n) is 3.46. The number of aryl methyl sites for hydroxylation is 1. The van der Waals surface area contributed by atoms with Gasteiger partial charge in [0, 0.05) is 12.1 Å². The lowest BCUT2D eigenvalue weighted by Gasteiger charge is -2.24. The fraction of sp³-hybridized carbons (Fsp3) is 0.429. The zero-order chi connectivity index (χ0) is 13.1. The van der Waals surface area contributed by atoms with Crippen molar-refractivity contribution < 1.29 is 14.7 Å². The summed E-state index contributed by atoms with van der Waals surface area (Å²) in [6.45, 7) is 1.85. The molecular formula is C14H17NO3. The number of benzene rings is 1. The van der Waals surface area contributed by atoms with E-state index in [-0.39, 0.29) is 11.5 Å². The Kier molecular flexibility index (Phi) is 3.65. The Morgan fingerprint density at radius 3 is 2.67 bits per heavy atom. The predicted molar refractivity (Wildman–Crippen MR) is 68.7 cm³/mol. The van der Waals surface area contributed by atoms with Gasteiger partial charge in [-0.25, -0.2) is 4.79 Å². The number of carbonyl (C=O) groups is 2. The van der Waals surface area contributed by atoms with Crippen LogP contribution in [0.4, 0.5) is 5.69 Å². The minimum atomic E-state index is -0.982. The van der Waals surface area contributed by atoms with Crippen LogP contribution in [0, 0.1) is 12.8 Å². The van der Waals surface area contributed by atoms with Crippen molar-refractivity contribution in [2.45, 2.75) is 32.6 Å².